The molecule has 28 heavy (non-hydrogen) atoms. The van der Waals surface area contributed by atoms with Crippen LogP contribution in [0.15, 0.2) is 72.8 Å². The molecule has 0 saturated heterocycles. The highest BCUT2D eigenvalue weighted by atomic mass is 19.4. The summed E-state index contributed by atoms with van der Waals surface area (Å²) in [6, 6.07) is 19.0. The Kier molecular flexibility index (Phi) is 4.55. The Morgan fingerprint density at radius 3 is 2.25 bits per heavy atom. The van der Waals surface area contributed by atoms with Crippen molar-refractivity contribution >= 4 is 10.9 Å². The number of halogens is 4. The van der Waals surface area contributed by atoms with E-state index in [-0.39, 0.29) is 5.52 Å². The number of alkyl halides is 3. The van der Waals surface area contributed by atoms with E-state index in [0.717, 1.165) is 11.6 Å². The van der Waals surface area contributed by atoms with Gasteiger partial charge in [0.05, 0.1) is 11.3 Å². The van der Waals surface area contributed by atoms with E-state index in [0.29, 0.717) is 28.6 Å². The van der Waals surface area contributed by atoms with Gasteiger partial charge in [0.1, 0.15) is 11.3 Å². The van der Waals surface area contributed by atoms with Crippen LogP contribution in [0.5, 0.6) is 0 Å². The fourth-order valence-corrected chi connectivity index (χ4v) is 3.28. The zero-order valence-corrected chi connectivity index (χ0v) is 14.5. The van der Waals surface area contributed by atoms with E-state index in [9.17, 15) is 17.6 Å². The standard InChI is InChI=1S/C22H14F4N2/c23-16-9-4-8-15(13-16)20-17-10-5-11-18(22(24,25)26)21(17)28-27-19(20)12-14-6-2-1-3-7-14/h1-11,13H,12H2. The Bertz CT molecular complexity index is 1140. The molecule has 0 spiro atoms. The highest BCUT2D eigenvalue weighted by Crippen LogP contribution is 2.38. The Morgan fingerprint density at radius 1 is 0.786 bits per heavy atom. The zero-order chi connectivity index (χ0) is 19.7. The highest BCUT2D eigenvalue weighted by molar-refractivity contribution is 5.97. The third kappa shape index (κ3) is 3.45. The van der Waals surface area contributed by atoms with E-state index in [1.165, 1.54) is 24.3 Å². The largest absolute Gasteiger partial charge is 0.418 e. The van der Waals surface area contributed by atoms with Crippen molar-refractivity contribution in [2.24, 2.45) is 0 Å². The first-order valence-electron chi connectivity index (χ1n) is 8.59. The van der Waals surface area contributed by atoms with Gasteiger partial charge in [0.25, 0.3) is 0 Å². The van der Waals surface area contributed by atoms with Crippen LogP contribution in [0.4, 0.5) is 17.6 Å². The van der Waals surface area contributed by atoms with Gasteiger partial charge in [-0.1, -0.05) is 54.6 Å². The summed E-state index contributed by atoms with van der Waals surface area (Å²) in [5.74, 6) is -0.472. The number of rotatable bonds is 3. The quantitative estimate of drug-likeness (QED) is 0.403. The lowest BCUT2D eigenvalue weighted by molar-refractivity contribution is -0.136. The smallest absolute Gasteiger partial charge is 0.207 e. The molecule has 0 aliphatic heterocycles. The average molecular weight is 382 g/mol. The molecule has 0 unspecified atom stereocenters. The minimum Gasteiger partial charge on any atom is -0.207 e. The van der Waals surface area contributed by atoms with Crippen molar-refractivity contribution < 1.29 is 17.6 Å². The fraction of sp³-hybridized carbons (Fsp3) is 0.0909. The number of hydrogen-bond acceptors (Lipinski definition) is 2. The molecule has 3 aromatic carbocycles. The van der Waals surface area contributed by atoms with Gasteiger partial charge in [0.15, 0.2) is 0 Å². The molecule has 0 N–H and O–H groups in total. The predicted molar refractivity (Wildman–Crippen MR) is 99.2 cm³/mol. The Morgan fingerprint density at radius 2 is 1.54 bits per heavy atom. The Balaban J connectivity index is 2.00. The van der Waals surface area contributed by atoms with Crippen molar-refractivity contribution in [1.29, 1.82) is 0 Å². The molecule has 0 fully saturated rings. The van der Waals surface area contributed by atoms with Gasteiger partial charge in [-0.3, -0.25) is 0 Å². The van der Waals surface area contributed by atoms with Crippen molar-refractivity contribution in [3.8, 4) is 11.1 Å². The number of benzene rings is 3. The molecule has 4 rings (SSSR count). The molecule has 6 heteroatoms. The molecular formula is C22H14F4N2. The highest BCUT2D eigenvalue weighted by Gasteiger charge is 2.34. The molecule has 0 bridgehead atoms. The summed E-state index contributed by atoms with van der Waals surface area (Å²) >= 11 is 0. The van der Waals surface area contributed by atoms with Crippen LogP contribution in [0, 0.1) is 5.82 Å². The maximum absolute atomic E-state index is 13.9. The molecule has 140 valence electrons. The minimum atomic E-state index is -4.56. The second kappa shape index (κ2) is 7.03. The monoisotopic (exact) mass is 382 g/mol. The normalized spacial score (nSPS) is 11.7. The molecule has 4 aromatic rings. The number of fused-ring (bicyclic) bond motifs is 1. The van der Waals surface area contributed by atoms with E-state index in [4.69, 9.17) is 0 Å². The van der Waals surface area contributed by atoms with Crippen LogP contribution in [0.2, 0.25) is 0 Å². The van der Waals surface area contributed by atoms with Gasteiger partial charge in [-0.15, -0.1) is 5.10 Å². The SMILES string of the molecule is Fc1cccc(-c2c(Cc3ccccc3)nnc3c(C(F)(F)F)cccc23)c1. The summed E-state index contributed by atoms with van der Waals surface area (Å²) in [5.41, 5.74) is 1.24. The van der Waals surface area contributed by atoms with Crippen LogP contribution in [0.1, 0.15) is 16.8 Å². The minimum absolute atomic E-state index is 0.244. The first kappa shape index (κ1) is 18.1. The lowest BCUT2D eigenvalue weighted by Gasteiger charge is -2.15. The van der Waals surface area contributed by atoms with Crippen molar-refractivity contribution in [1.82, 2.24) is 10.2 Å². The fourth-order valence-electron chi connectivity index (χ4n) is 3.28. The lowest BCUT2D eigenvalue weighted by Crippen LogP contribution is -2.09. The van der Waals surface area contributed by atoms with E-state index >= 15 is 0 Å². The van der Waals surface area contributed by atoms with Crippen LogP contribution in [0.3, 0.4) is 0 Å². The van der Waals surface area contributed by atoms with Crippen LogP contribution in [-0.4, -0.2) is 10.2 Å². The van der Waals surface area contributed by atoms with Crippen molar-refractivity contribution in [2.75, 3.05) is 0 Å². The van der Waals surface area contributed by atoms with E-state index < -0.39 is 17.6 Å². The van der Waals surface area contributed by atoms with Gasteiger partial charge in [-0.25, -0.2) is 4.39 Å². The molecule has 0 saturated carbocycles. The van der Waals surface area contributed by atoms with Crippen LogP contribution < -0.4 is 0 Å². The Hall–Kier alpha value is -3.28. The zero-order valence-electron chi connectivity index (χ0n) is 14.5. The lowest BCUT2D eigenvalue weighted by atomic mass is 9.94. The summed E-state index contributed by atoms with van der Waals surface area (Å²) in [7, 11) is 0. The van der Waals surface area contributed by atoms with Crippen LogP contribution >= 0.6 is 0 Å². The van der Waals surface area contributed by atoms with Gasteiger partial charge in [0.2, 0.25) is 0 Å². The summed E-state index contributed by atoms with van der Waals surface area (Å²) in [5, 5.41) is 8.29. The molecule has 2 nitrogen and oxygen atoms in total. The summed E-state index contributed by atoms with van der Waals surface area (Å²) in [6.45, 7) is 0. The van der Waals surface area contributed by atoms with Gasteiger partial charge >= 0.3 is 6.18 Å². The summed E-state index contributed by atoms with van der Waals surface area (Å²) < 4.78 is 54.2. The van der Waals surface area contributed by atoms with Crippen molar-refractivity contribution in [3.63, 3.8) is 0 Å². The summed E-state index contributed by atoms with van der Waals surface area (Å²) in [6.07, 6.45) is -4.19. The van der Waals surface area contributed by atoms with Gasteiger partial charge in [-0.2, -0.15) is 18.3 Å². The Labute approximate surface area is 158 Å². The number of nitrogens with zero attached hydrogens (tertiary/aromatic N) is 2. The third-order valence-electron chi connectivity index (χ3n) is 4.50. The van der Waals surface area contributed by atoms with Crippen molar-refractivity contribution in [2.45, 2.75) is 12.6 Å². The first-order chi connectivity index (χ1) is 13.4. The van der Waals surface area contributed by atoms with E-state index in [1.54, 1.807) is 12.1 Å². The maximum atomic E-state index is 13.9. The third-order valence-corrected chi connectivity index (χ3v) is 4.50. The average Bonchev–Trinajstić information content (AvgIpc) is 2.67. The van der Waals surface area contributed by atoms with Gasteiger partial charge < -0.3 is 0 Å². The molecule has 0 radical (unpaired) electrons. The van der Waals surface area contributed by atoms with Crippen molar-refractivity contribution in [3.05, 3.63) is 95.4 Å². The molecule has 1 heterocycles. The second-order valence-corrected chi connectivity index (χ2v) is 6.39. The first-order valence-corrected chi connectivity index (χ1v) is 8.59. The van der Waals surface area contributed by atoms with E-state index in [1.807, 2.05) is 30.3 Å². The molecule has 0 atom stereocenters. The molecule has 1 aromatic heterocycles. The topological polar surface area (TPSA) is 25.8 Å². The maximum Gasteiger partial charge on any atom is 0.418 e. The van der Waals surface area contributed by atoms with Crippen LogP contribution in [0.25, 0.3) is 22.0 Å². The number of hydrogen-bond donors (Lipinski definition) is 0. The van der Waals surface area contributed by atoms with E-state index in [2.05, 4.69) is 10.2 Å². The molecular weight excluding hydrogens is 368 g/mol. The van der Waals surface area contributed by atoms with Gasteiger partial charge in [-0.05, 0) is 29.3 Å². The van der Waals surface area contributed by atoms with Gasteiger partial charge in [0, 0.05) is 17.4 Å². The predicted octanol–water partition coefficient (Wildman–Crippen LogP) is 6.05. The second-order valence-electron chi connectivity index (χ2n) is 6.39. The summed E-state index contributed by atoms with van der Waals surface area (Å²) in [4.78, 5) is 0. The van der Waals surface area contributed by atoms with Crippen LogP contribution in [-0.2, 0) is 12.6 Å². The molecule has 0 aliphatic carbocycles. The molecule has 0 amide bonds. The number of aromatic nitrogens is 2. The molecule has 0 aliphatic rings.